The fourth-order valence-electron chi connectivity index (χ4n) is 3.16. The quantitative estimate of drug-likeness (QED) is 0.658. The second-order valence-corrected chi connectivity index (χ2v) is 6.39. The molecule has 0 bridgehead atoms. The highest BCUT2D eigenvalue weighted by molar-refractivity contribution is 4.94. The summed E-state index contributed by atoms with van der Waals surface area (Å²) in [5, 5.41) is 3.65. The predicted molar refractivity (Wildman–Crippen MR) is 79.0 cm³/mol. The van der Waals surface area contributed by atoms with E-state index in [1.54, 1.807) is 0 Å². The van der Waals surface area contributed by atoms with E-state index in [1.807, 2.05) is 0 Å². The zero-order valence-corrected chi connectivity index (χ0v) is 12.9. The van der Waals surface area contributed by atoms with E-state index in [4.69, 9.17) is 4.74 Å². The van der Waals surface area contributed by atoms with E-state index in [-0.39, 0.29) is 0 Å². The molecular formula is C16H33NO. The Hall–Kier alpha value is -0.0800. The van der Waals surface area contributed by atoms with E-state index < -0.39 is 0 Å². The van der Waals surface area contributed by atoms with Gasteiger partial charge in [0, 0.05) is 12.6 Å². The van der Waals surface area contributed by atoms with E-state index in [9.17, 15) is 0 Å². The van der Waals surface area contributed by atoms with Crippen LogP contribution >= 0.6 is 0 Å². The molecule has 1 rings (SSSR count). The van der Waals surface area contributed by atoms with Gasteiger partial charge in [-0.25, -0.2) is 0 Å². The van der Waals surface area contributed by atoms with E-state index in [1.165, 1.54) is 44.9 Å². The lowest BCUT2D eigenvalue weighted by Crippen LogP contribution is -2.53. The molecule has 0 amide bonds. The highest BCUT2D eigenvalue weighted by atomic mass is 16.5. The second-order valence-electron chi connectivity index (χ2n) is 6.39. The van der Waals surface area contributed by atoms with Gasteiger partial charge >= 0.3 is 0 Å². The SMILES string of the molecule is CCCCCCOC1CCCC(C)(C)C1NCC. The van der Waals surface area contributed by atoms with Crippen molar-refractivity contribution in [2.75, 3.05) is 13.2 Å². The lowest BCUT2D eigenvalue weighted by atomic mass is 9.71. The lowest BCUT2D eigenvalue weighted by Gasteiger charge is -2.44. The minimum atomic E-state index is 0.377. The van der Waals surface area contributed by atoms with Gasteiger partial charge in [-0.15, -0.1) is 0 Å². The molecule has 108 valence electrons. The van der Waals surface area contributed by atoms with Crippen molar-refractivity contribution in [3.63, 3.8) is 0 Å². The molecule has 0 aromatic carbocycles. The van der Waals surface area contributed by atoms with Gasteiger partial charge in [0.05, 0.1) is 6.10 Å². The van der Waals surface area contributed by atoms with Crippen molar-refractivity contribution in [2.24, 2.45) is 5.41 Å². The molecule has 0 spiro atoms. The molecule has 0 heterocycles. The molecule has 1 saturated carbocycles. The van der Waals surface area contributed by atoms with Gasteiger partial charge in [-0.05, 0) is 31.2 Å². The van der Waals surface area contributed by atoms with Gasteiger partial charge in [0.15, 0.2) is 0 Å². The van der Waals surface area contributed by atoms with Gasteiger partial charge in [0.1, 0.15) is 0 Å². The molecule has 0 aromatic heterocycles. The van der Waals surface area contributed by atoms with Crippen LogP contribution in [0, 0.1) is 5.41 Å². The van der Waals surface area contributed by atoms with Gasteiger partial charge in [0.2, 0.25) is 0 Å². The minimum absolute atomic E-state index is 0.377. The van der Waals surface area contributed by atoms with E-state index in [2.05, 4.69) is 33.0 Å². The van der Waals surface area contributed by atoms with Crippen LogP contribution in [0.1, 0.15) is 72.6 Å². The number of nitrogens with one attached hydrogen (secondary N) is 1. The molecule has 18 heavy (non-hydrogen) atoms. The summed E-state index contributed by atoms with van der Waals surface area (Å²) in [4.78, 5) is 0. The molecule has 2 unspecified atom stereocenters. The smallest absolute Gasteiger partial charge is 0.0733 e. The molecule has 2 heteroatoms. The molecular weight excluding hydrogens is 222 g/mol. The molecule has 0 saturated heterocycles. The van der Waals surface area contributed by atoms with Crippen molar-refractivity contribution in [2.45, 2.75) is 84.8 Å². The Labute approximate surface area is 114 Å². The summed E-state index contributed by atoms with van der Waals surface area (Å²) in [6.45, 7) is 11.2. The molecule has 1 aliphatic rings. The summed E-state index contributed by atoms with van der Waals surface area (Å²) >= 11 is 0. The summed E-state index contributed by atoms with van der Waals surface area (Å²) < 4.78 is 6.17. The Bertz CT molecular complexity index is 215. The van der Waals surface area contributed by atoms with Crippen LogP contribution < -0.4 is 5.32 Å². The second kappa shape index (κ2) is 8.16. The fourth-order valence-corrected chi connectivity index (χ4v) is 3.16. The van der Waals surface area contributed by atoms with Crippen molar-refractivity contribution in [1.82, 2.24) is 5.32 Å². The first-order chi connectivity index (χ1) is 8.61. The number of rotatable bonds is 8. The Morgan fingerprint density at radius 1 is 1.17 bits per heavy atom. The number of likely N-dealkylation sites (N-methyl/N-ethyl adjacent to an activating group) is 1. The fraction of sp³-hybridized carbons (Fsp3) is 1.00. The van der Waals surface area contributed by atoms with Crippen LogP contribution in [0.2, 0.25) is 0 Å². The number of hydrogen-bond acceptors (Lipinski definition) is 2. The third kappa shape index (κ3) is 4.89. The van der Waals surface area contributed by atoms with Crippen LogP contribution in [0.3, 0.4) is 0 Å². The molecule has 1 aliphatic carbocycles. The van der Waals surface area contributed by atoms with Crippen LogP contribution in [-0.4, -0.2) is 25.3 Å². The Morgan fingerprint density at radius 3 is 2.61 bits per heavy atom. The van der Waals surface area contributed by atoms with Gasteiger partial charge < -0.3 is 10.1 Å². The molecule has 1 fully saturated rings. The molecule has 0 aliphatic heterocycles. The van der Waals surface area contributed by atoms with Crippen molar-refractivity contribution in [3.8, 4) is 0 Å². The highest BCUT2D eigenvalue weighted by Crippen LogP contribution is 2.37. The minimum Gasteiger partial charge on any atom is -0.377 e. The monoisotopic (exact) mass is 255 g/mol. The molecule has 0 aromatic rings. The van der Waals surface area contributed by atoms with Gasteiger partial charge in [-0.1, -0.05) is 53.4 Å². The number of hydrogen-bond donors (Lipinski definition) is 1. The third-order valence-electron chi connectivity index (χ3n) is 4.28. The normalized spacial score (nSPS) is 27.3. The van der Waals surface area contributed by atoms with E-state index >= 15 is 0 Å². The Morgan fingerprint density at radius 2 is 1.94 bits per heavy atom. The van der Waals surface area contributed by atoms with Crippen molar-refractivity contribution >= 4 is 0 Å². The average Bonchev–Trinajstić information content (AvgIpc) is 2.32. The first kappa shape index (κ1) is 16.0. The summed E-state index contributed by atoms with van der Waals surface area (Å²) in [7, 11) is 0. The van der Waals surface area contributed by atoms with E-state index in [0.717, 1.165) is 13.2 Å². The van der Waals surface area contributed by atoms with Crippen LogP contribution in [0.4, 0.5) is 0 Å². The molecule has 2 nitrogen and oxygen atoms in total. The molecule has 0 radical (unpaired) electrons. The Kier molecular flexibility index (Phi) is 7.25. The van der Waals surface area contributed by atoms with Crippen molar-refractivity contribution in [3.05, 3.63) is 0 Å². The number of ether oxygens (including phenoxy) is 1. The zero-order chi connectivity index (χ0) is 13.4. The summed E-state index contributed by atoms with van der Waals surface area (Å²) in [5.41, 5.74) is 0.377. The van der Waals surface area contributed by atoms with Crippen molar-refractivity contribution < 1.29 is 4.74 Å². The Balaban J connectivity index is 2.36. The van der Waals surface area contributed by atoms with Gasteiger partial charge in [-0.3, -0.25) is 0 Å². The van der Waals surface area contributed by atoms with Crippen LogP contribution in [0.15, 0.2) is 0 Å². The van der Waals surface area contributed by atoms with Crippen molar-refractivity contribution in [1.29, 1.82) is 0 Å². The predicted octanol–water partition coefficient (Wildman–Crippen LogP) is 4.14. The summed E-state index contributed by atoms with van der Waals surface area (Å²) in [6, 6.07) is 0.530. The highest BCUT2D eigenvalue weighted by Gasteiger charge is 2.38. The molecule has 1 N–H and O–H groups in total. The topological polar surface area (TPSA) is 21.3 Å². The van der Waals surface area contributed by atoms with Gasteiger partial charge in [-0.2, -0.15) is 0 Å². The van der Waals surface area contributed by atoms with Crippen LogP contribution in [0.5, 0.6) is 0 Å². The summed E-state index contributed by atoms with van der Waals surface area (Å²) in [6.07, 6.45) is 9.48. The molecule has 2 atom stereocenters. The van der Waals surface area contributed by atoms with E-state index in [0.29, 0.717) is 17.6 Å². The maximum atomic E-state index is 6.17. The standard InChI is InChI=1S/C16H33NO/c1-5-7-8-9-13-18-14-11-10-12-16(3,4)15(14)17-6-2/h14-15,17H,5-13H2,1-4H3. The first-order valence-corrected chi connectivity index (χ1v) is 7.96. The maximum Gasteiger partial charge on any atom is 0.0733 e. The van der Waals surface area contributed by atoms with Crippen LogP contribution in [-0.2, 0) is 4.74 Å². The van der Waals surface area contributed by atoms with Gasteiger partial charge in [0.25, 0.3) is 0 Å². The number of unbranched alkanes of at least 4 members (excludes halogenated alkanes) is 3. The average molecular weight is 255 g/mol. The first-order valence-electron chi connectivity index (χ1n) is 7.96. The largest absolute Gasteiger partial charge is 0.377 e. The maximum absolute atomic E-state index is 6.17. The lowest BCUT2D eigenvalue weighted by molar-refractivity contribution is -0.0378. The van der Waals surface area contributed by atoms with Crippen LogP contribution in [0.25, 0.3) is 0 Å². The zero-order valence-electron chi connectivity index (χ0n) is 12.9. The summed E-state index contributed by atoms with van der Waals surface area (Å²) in [5.74, 6) is 0. The third-order valence-corrected chi connectivity index (χ3v) is 4.28.